The summed E-state index contributed by atoms with van der Waals surface area (Å²) < 4.78 is 59.8. The molecule has 0 N–H and O–H groups in total. The van der Waals surface area contributed by atoms with Crippen molar-refractivity contribution in [1.29, 1.82) is 0 Å². The van der Waals surface area contributed by atoms with Crippen LogP contribution in [0.25, 0.3) is 66.3 Å². The molecule has 10 rings (SSSR count). The number of hydrogen-bond acceptors (Lipinski definition) is 9. The number of hydrogen-bond donors (Lipinski definition) is 0. The van der Waals surface area contributed by atoms with Crippen LogP contribution in [0.5, 0.6) is 34.5 Å². The van der Waals surface area contributed by atoms with Crippen LogP contribution in [0.2, 0.25) is 0 Å². The Morgan fingerprint density at radius 3 is 0.794 bits per heavy atom. The fourth-order valence-corrected chi connectivity index (χ4v) is 9.97. The van der Waals surface area contributed by atoms with Gasteiger partial charge in [0, 0.05) is 69.3 Å². The van der Waals surface area contributed by atoms with Gasteiger partial charge in [-0.15, -0.1) is 0 Å². The van der Waals surface area contributed by atoms with Gasteiger partial charge in [0.05, 0.1) is 58.8 Å². The van der Waals surface area contributed by atoms with E-state index in [2.05, 4.69) is 57.2 Å². The summed E-state index contributed by atoms with van der Waals surface area (Å²) in [6.45, 7) is 6.40. The minimum atomic E-state index is -0.436. The van der Waals surface area contributed by atoms with E-state index >= 15 is 0 Å². The quantitative estimate of drug-likeness (QED) is 0.141. The highest BCUT2D eigenvalue weighted by Gasteiger charge is 2.39. The molecular weight excluding hydrogens is 793 g/mol. The zero-order chi connectivity index (χ0) is 43.7. The third-order valence-electron chi connectivity index (χ3n) is 12.8. The van der Waals surface area contributed by atoms with Gasteiger partial charge in [-0.2, -0.15) is 0 Å². The maximum absolute atomic E-state index is 7.42. The second-order valence-corrected chi connectivity index (χ2v) is 16.0. The van der Waals surface area contributed by atoms with E-state index in [1.54, 1.807) is 42.7 Å². The highest BCUT2D eigenvalue weighted by atomic mass is 16.5. The van der Waals surface area contributed by atoms with Gasteiger partial charge in [-0.05, 0) is 16.7 Å². The fraction of sp³-hybridized carbons (Fsp3) is 0.222. The highest BCUT2D eigenvalue weighted by Crippen LogP contribution is 2.58. The second-order valence-electron chi connectivity index (χ2n) is 16.0. The Labute approximate surface area is 365 Å². The van der Waals surface area contributed by atoms with Crippen LogP contribution < -0.4 is 28.4 Å². The van der Waals surface area contributed by atoms with E-state index in [1.165, 1.54) is 0 Å². The molecule has 1 aliphatic rings. The molecular formula is C54H48O9. The zero-order valence-corrected chi connectivity index (χ0v) is 36.8. The van der Waals surface area contributed by atoms with Crippen LogP contribution in [0.3, 0.4) is 0 Å². The average molecular weight is 841 g/mol. The van der Waals surface area contributed by atoms with E-state index in [4.69, 9.17) is 41.7 Å². The number of ether oxygens (including phenoxy) is 6. The smallest absolute Gasteiger partial charge is 0.146 e. The van der Waals surface area contributed by atoms with E-state index in [0.29, 0.717) is 68.5 Å². The topological polar surface area (TPSA) is 94.8 Å². The molecule has 6 bridgehead atoms. The monoisotopic (exact) mass is 840 g/mol. The van der Waals surface area contributed by atoms with Gasteiger partial charge in [0.15, 0.2) is 0 Å². The molecule has 3 unspecified atom stereocenters. The van der Waals surface area contributed by atoms with Gasteiger partial charge in [0.2, 0.25) is 0 Å². The van der Waals surface area contributed by atoms with E-state index in [9.17, 15) is 0 Å². The number of furan rings is 3. The molecule has 63 heavy (non-hydrogen) atoms. The lowest BCUT2D eigenvalue weighted by molar-refractivity contribution is 0.388. The van der Waals surface area contributed by atoms with Crippen molar-refractivity contribution in [3.8, 4) is 67.9 Å². The van der Waals surface area contributed by atoms with Crippen molar-refractivity contribution in [1.82, 2.24) is 0 Å². The normalized spacial score (nSPS) is 15.9. The van der Waals surface area contributed by atoms with Crippen molar-refractivity contribution in [3.63, 3.8) is 0 Å². The maximum Gasteiger partial charge on any atom is 0.146 e. The number of benzene rings is 6. The number of rotatable bonds is 9. The molecule has 318 valence electrons. The Bertz CT molecular complexity index is 2830. The number of methoxy groups -OCH3 is 6. The summed E-state index contributed by atoms with van der Waals surface area (Å²) in [5, 5.41) is 2.42. The first-order valence-electron chi connectivity index (χ1n) is 21.1. The van der Waals surface area contributed by atoms with Gasteiger partial charge in [0.25, 0.3) is 0 Å². The van der Waals surface area contributed by atoms with Crippen LogP contribution in [-0.2, 0) is 0 Å². The summed E-state index contributed by atoms with van der Waals surface area (Å²) in [5.74, 6) is 4.37. The van der Waals surface area contributed by atoms with Gasteiger partial charge in [-0.1, -0.05) is 112 Å². The van der Waals surface area contributed by atoms with Gasteiger partial charge >= 0.3 is 0 Å². The van der Waals surface area contributed by atoms with Crippen molar-refractivity contribution in [2.75, 3.05) is 42.7 Å². The minimum absolute atomic E-state index is 0.436. The zero-order valence-electron chi connectivity index (χ0n) is 36.8. The molecule has 0 fully saturated rings. The first-order chi connectivity index (χ1) is 30.8. The van der Waals surface area contributed by atoms with Crippen molar-refractivity contribution >= 4 is 32.9 Å². The van der Waals surface area contributed by atoms with Crippen LogP contribution in [0.15, 0.2) is 122 Å². The van der Waals surface area contributed by atoms with Crippen molar-refractivity contribution in [2.24, 2.45) is 0 Å². The Morgan fingerprint density at radius 2 is 0.571 bits per heavy atom. The predicted octanol–water partition coefficient (Wildman–Crippen LogP) is 13.7. The van der Waals surface area contributed by atoms with E-state index in [0.717, 1.165) is 66.2 Å². The Hall–Kier alpha value is -7.26. The van der Waals surface area contributed by atoms with Crippen molar-refractivity contribution in [2.45, 2.75) is 38.5 Å². The summed E-state index contributed by atoms with van der Waals surface area (Å²) in [6.07, 6.45) is 0. The lowest BCUT2D eigenvalue weighted by Gasteiger charge is -2.18. The van der Waals surface area contributed by atoms with Crippen LogP contribution in [0.4, 0.5) is 0 Å². The largest absolute Gasteiger partial charge is 0.496 e. The molecule has 6 aromatic carbocycles. The van der Waals surface area contributed by atoms with Crippen LogP contribution in [0.1, 0.15) is 72.5 Å². The van der Waals surface area contributed by atoms with E-state index in [-0.39, 0.29) is 0 Å². The lowest BCUT2D eigenvalue weighted by atomic mass is 9.86. The Balaban J connectivity index is 1.48. The van der Waals surface area contributed by atoms with Gasteiger partial charge in [-0.25, -0.2) is 0 Å². The molecule has 0 aliphatic carbocycles. The summed E-state index contributed by atoms with van der Waals surface area (Å²) in [4.78, 5) is 0. The second kappa shape index (κ2) is 15.6. The maximum atomic E-state index is 7.42. The minimum Gasteiger partial charge on any atom is -0.496 e. The van der Waals surface area contributed by atoms with E-state index in [1.807, 2.05) is 72.8 Å². The molecule has 3 atom stereocenters. The molecule has 1 aliphatic heterocycles. The molecule has 9 heteroatoms. The third kappa shape index (κ3) is 5.89. The Morgan fingerprint density at radius 1 is 0.333 bits per heavy atom. The SMILES string of the molecule is COc1cc(OC)c2c(-c3ccccc3)c3oc2c1C(C)c1oc2c(c(OC)cc(OC)c2c1-c1ccccc1)C(C)c1oc2c(c(OC)cc(OC)c2c1-c1ccccc1)C3C. The lowest BCUT2D eigenvalue weighted by Crippen LogP contribution is -2.02. The highest BCUT2D eigenvalue weighted by molar-refractivity contribution is 6.08. The molecule has 0 saturated heterocycles. The molecule has 0 radical (unpaired) electrons. The molecule has 3 aromatic heterocycles. The molecule has 0 saturated carbocycles. The summed E-state index contributed by atoms with van der Waals surface area (Å²) in [6, 6.07) is 36.7. The molecule has 4 heterocycles. The first-order valence-corrected chi connectivity index (χ1v) is 21.1. The molecule has 0 amide bonds. The average Bonchev–Trinajstić information content (AvgIpc) is 4.05. The summed E-state index contributed by atoms with van der Waals surface area (Å²) in [7, 11) is 10.0. The van der Waals surface area contributed by atoms with Gasteiger partial charge < -0.3 is 41.7 Å². The molecule has 9 nitrogen and oxygen atoms in total. The van der Waals surface area contributed by atoms with Crippen LogP contribution in [0, 0.1) is 0 Å². The standard InChI is InChI=1S/C54H48O9/c1-28-40-34(55-4)25-37(58-7)47-44(32-21-15-11-16-22-32)50(62-52(40)47)30(3)42-36(57-6)27-39(60-9)48-45(33-23-17-12-18-24-33)51(63-54(42)48)29(2)41-35(56-5)26-38(59-8)46-43(49(28)61-53(41)46)31-19-13-10-14-20-31/h10-30H,1-9H3. The predicted molar refractivity (Wildman–Crippen MR) is 247 cm³/mol. The van der Waals surface area contributed by atoms with Crippen LogP contribution >= 0.6 is 0 Å². The number of fused-ring (bicyclic) bond motifs is 3. The van der Waals surface area contributed by atoms with E-state index < -0.39 is 17.8 Å². The molecule has 0 spiro atoms. The van der Waals surface area contributed by atoms with Crippen molar-refractivity contribution < 1.29 is 41.7 Å². The summed E-state index contributed by atoms with van der Waals surface area (Å²) >= 11 is 0. The van der Waals surface area contributed by atoms with Gasteiger partial charge in [-0.3, -0.25) is 0 Å². The van der Waals surface area contributed by atoms with Gasteiger partial charge in [0.1, 0.15) is 68.5 Å². The van der Waals surface area contributed by atoms with Crippen LogP contribution in [-0.4, -0.2) is 42.7 Å². The third-order valence-corrected chi connectivity index (χ3v) is 12.8. The first kappa shape index (κ1) is 39.9. The fourth-order valence-electron chi connectivity index (χ4n) is 9.97. The summed E-state index contributed by atoms with van der Waals surface area (Å²) in [5.41, 5.74) is 9.76. The molecule has 9 aromatic rings. The Kier molecular flexibility index (Phi) is 9.85. The van der Waals surface area contributed by atoms with Crippen molar-refractivity contribution in [3.05, 3.63) is 143 Å².